The highest BCUT2D eigenvalue weighted by atomic mass is 35.5. The summed E-state index contributed by atoms with van der Waals surface area (Å²) >= 11 is 11.8. The van der Waals surface area contributed by atoms with Crippen LogP contribution in [0.5, 0.6) is 0 Å². The lowest BCUT2D eigenvalue weighted by atomic mass is 9.98. The second-order valence-corrected chi connectivity index (χ2v) is 7.59. The van der Waals surface area contributed by atoms with Crippen molar-refractivity contribution >= 4 is 40.9 Å². The van der Waals surface area contributed by atoms with E-state index in [1.165, 1.54) is 6.07 Å². The van der Waals surface area contributed by atoms with E-state index in [0.717, 1.165) is 0 Å². The fraction of sp³-hybridized carbons (Fsp3) is 0.471. The number of nitrogens with zero attached hydrogens (tertiary/aromatic N) is 1. The topological polar surface area (TPSA) is 78.5 Å². The normalized spacial score (nSPS) is 25.8. The predicted octanol–water partition coefficient (Wildman–Crippen LogP) is 1.85. The van der Waals surface area contributed by atoms with E-state index < -0.39 is 12.1 Å². The Morgan fingerprint density at radius 1 is 1.28 bits per heavy atom. The van der Waals surface area contributed by atoms with Gasteiger partial charge in [-0.25, -0.2) is 0 Å². The minimum Gasteiger partial charge on any atom is -0.347 e. The van der Waals surface area contributed by atoms with Gasteiger partial charge in [-0.3, -0.25) is 14.4 Å². The van der Waals surface area contributed by atoms with Crippen LogP contribution >= 0.6 is 23.2 Å². The van der Waals surface area contributed by atoms with Crippen molar-refractivity contribution in [1.82, 2.24) is 15.5 Å². The maximum absolute atomic E-state index is 12.5. The predicted molar refractivity (Wildman–Crippen MR) is 94.6 cm³/mol. The lowest BCUT2D eigenvalue weighted by molar-refractivity contribution is -0.148. The van der Waals surface area contributed by atoms with Crippen molar-refractivity contribution < 1.29 is 14.4 Å². The molecule has 6 nitrogen and oxygen atoms in total. The molecule has 25 heavy (non-hydrogen) atoms. The molecule has 1 aromatic carbocycles. The summed E-state index contributed by atoms with van der Waals surface area (Å²) in [4.78, 5) is 38.8. The maximum atomic E-state index is 12.5. The average molecular weight is 384 g/mol. The highest BCUT2D eigenvalue weighted by Gasteiger charge is 2.47. The number of fused-ring (bicyclic) bond motifs is 1. The zero-order chi connectivity index (χ0) is 18.3. The van der Waals surface area contributed by atoms with Gasteiger partial charge in [0, 0.05) is 18.2 Å². The summed E-state index contributed by atoms with van der Waals surface area (Å²) in [6.45, 7) is 4.11. The van der Waals surface area contributed by atoms with Crippen LogP contribution in [-0.4, -0.2) is 47.3 Å². The lowest BCUT2D eigenvalue weighted by Gasteiger charge is -2.36. The van der Waals surface area contributed by atoms with Crippen molar-refractivity contribution in [2.45, 2.75) is 38.4 Å². The number of benzene rings is 1. The van der Waals surface area contributed by atoms with Crippen LogP contribution in [0.4, 0.5) is 0 Å². The zero-order valence-corrected chi connectivity index (χ0v) is 15.4. The van der Waals surface area contributed by atoms with Gasteiger partial charge in [0.1, 0.15) is 12.1 Å². The Balaban J connectivity index is 1.70. The molecule has 2 aliphatic rings. The summed E-state index contributed by atoms with van der Waals surface area (Å²) in [6.07, 6.45) is 0.398. The number of nitrogens with one attached hydrogen (secondary N) is 2. The summed E-state index contributed by atoms with van der Waals surface area (Å²) in [5, 5.41) is 6.32. The molecule has 2 N–H and O–H groups in total. The number of piperazine rings is 1. The second-order valence-electron chi connectivity index (χ2n) is 6.77. The summed E-state index contributed by atoms with van der Waals surface area (Å²) in [5.41, 5.74) is 0.384. The van der Waals surface area contributed by atoms with Crippen molar-refractivity contribution in [2.24, 2.45) is 5.92 Å². The van der Waals surface area contributed by atoms with Crippen molar-refractivity contribution in [2.75, 3.05) is 6.54 Å². The summed E-state index contributed by atoms with van der Waals surface area (Å²) < 4.78 is 0. The van der Waals surface area contributed by atoms with E-state index in [-0.39, 0.29) is 29.7 Å². The van der Waals surface area contributed by atoms with Gasteiger partial charge in [-0.05, 0) is 30.5 Å². The quantitative estimate of drug-likeness (QED) is 0.835. The first-order valence-corrected chi connectivity index (χ1v) is 8.90. The number of halogens is 2. The third kappa shape index (κ3) is 3.46. The molecule has 0 aromatic heterocycles. The molecule has 2 saturated heterocycles. The third-order valence-electron chi connectivity index (χ3n) is 4.63. The van der Waals surface area contributed by atoms with E-state index >= 15 is 0 Å². The highest BCUT2D eigenvalue weighted by molar-refractivity contribution is 6.42. The fourth-order valence-corrected chi connectivity index (χ4v) is 3.58. The van der Waals surface area contributed by atoms with Crippen molar-refractivity contribution in [3.8, 4) is 0 Å². The van der Waals surface area contributed by atoms with E-state index in [2.05, 4.69) is 10.6 Å². The molecule has 2 fully saturated rings. The second kappa shape index (κ2) is 6.84. The van der Waals surface area contributed by atoms with Gasteiger partial charge in [-0.15, -0.1) is 0 Å². The number of amides is 3. The molecular weight excluding hydrogens is 365 g/mol. The van der Waals surface area contributed by atoms with Crippen LogP contribution in [0, 0.1) is 5.92 Å². The van der Waals surface area contributed by atoms with E-state index in [4.69, 9.17) is 23.2 Å². The van der Waals surface area contributed by atoms with E-state index in [1.807, 2.05) is 13.8 Å². The largest absolute Gasteiger partial charge is 0.347 e. The zero-order valence-electron chi connectivity index (χ0n) is 13.9. The molecule has 0 spiro atoms. The minimum absolute atomic E-state index is 0.0160. The molecule has 0 bridgehead atoms. The molecule has 1 aromatic rings. The first-order valence-electron chi connectivity index (χ1n) is 8.14. The molecule has 3 rings (SSSR count). The lowest BCUT2D eigenvalue weighted by Crippen LogP contribution is -2.62. The Morgan fingerprint density at radius 2 is 2.00 bits per heavy atom. The first-order chi connectivity index (χ1) is 11.8. The van der Waals surface area contributed by atoms with Gasteiger partial charge in [0.2, 0.25) is 11.8 Å². The van der Waals surface area contributed by atoms with Crippen LogP contribution in [-0.2, 0) is 9.59 Å². The number of hydrogen-bond donors (Lipinski definition) is 2. The Hall–Kier alpha value is -1.79. The Kier molecular flexibility index (Phi) is 4.93. The van der Waals surface area contributed by atoms with Gasteiger partial charge < -0.3 is 15.5 Å². The molecule has 2 aliphatic heterocycles. The van der Waals surface area contributed by atoms with Crippen molar-refractivity contribution in [1.29, 1.82) is 0 Å². The van der Waals surface area contributed by atoms with Crippen LogP contribution in [0.1, 0.15) is 30.6 Å². The van der Waals surface area contributed by atoms with E-state index in [0.29, 0.717) is 28.6 Å². The molecule has 0 saturated carbocycles. The smallest absolute Gasteiger partial charge is 0.251 e. The monoisotopic (exact) mass is 383 g/mol. The average Bonchev–Trinajstić information content (AvgIpc) is 2.97. The van der Waals surface area contributed by atoms with Gasteiger partial charge in [0.05, 0.1) is 10.0 Å². The summed E-state index contributed by atoms with van der Waals surface area (Å²) in [7, 11) is 0. The van der Waals surface area contributed by atoms with Gasteiger partial charge in [0.25, 0.3) is 5.91 Å². The summed E-state index contributed by atoms with van der Waals surface area (Å²) in [6, 6.07) is 3.32. The third-order valence-corrected chi connectivity index (χ3v) is 5.37. The Bertz CT molecular complexity index is 738. The standard InChI is InChI=1S/C17H19Cl2N3O3/c1-8(2)14-17(25)22-7-10(6-13(22)16(24)21-14)20-15(23)9-3-4-11(18)12(19)5-9/h3-5,8,10,13-14H,6-7H2,1-2H3,(H,20,23)(H,21,24)/t10-,13-,14+/m0/s1. The number of carbonyl (C=O) groups excluding carboxylic acids is 3. The molecule has 0 aliphatic carbocycles. The van der Waals surface area contributed by atoms with E-state index in [9.17, 15) is 14.4 Å². The van der Waals surface area contributed by atoms with Gasteiger partial charge in [-0.1, -0.05) is 37.0 Å². The molecule has 8 heteroatoms. The molecule has 0 radical (unpaired) electrons. The number of carbonyl (C=O) groups is 3. The SMILES string of the molecule is CC(C)[C@H]1NC(=O)[C@@H]2C[C@H](NC(=O)c3ccc(Cl)c(Cl)c3)CN2C1=O. The molecule has 2 heterocycles. The highest BCUT2D eigenvalue weighted by Crippen LogP contribution is 2.26. The van der Waals surface area contributed by atoms with Crippen LogP contribution in [0.15, 0.2) is 18.2 Å². The van der Waals surface area contributed by atoms with Crippen molar-refractivity contribution in [3.05, 3.63) is 33.8 Å². The van der Waals surface area contributed by atoms with Crippen molar-refractivity contribution in [3.63, 3.8) is 0 Å². The Labute approximate surface area is 155 Å². The van der Waals surface area contributed by atoms with Gasteiger partial charge >= 0.3 is 0 Å². The van der Waals surface area contributed by atoms with Crippen LogP contribution in [0.3, 0.4) is 0 Å². The van der Waals surface area contributed by atoms with E-state index in [1.54, 1.807) is 17.0 Å². The maximum Gasteiger partial charge on any atom is 0.251 e. The molecular formula is C17H19Cl2N3O3. The Morgan fingerprint density at radius 3 is 2.64 bits per heavy atom. The first kappa shape index (κ1) is 18.0. The van der Waals surface area contributed by atoms with Gasteiger partial charge in [-0.2, -0.15) is 0 Å². The van der Waals surface area contributed by atoms with Crippen LogP contribution in [0.25, 0.3) is 0 Å². The van der Waals surface area contributed by atoms with Gasteiger partial charge in [0.15, 0.2) is 0 Å². The fourth-order valence-electron chi connectivity index (χ4n) is 3.28. The molecule has 3 atom stereocenters. The molecule has 3 amide bonds. The molecule has 134 valence electrons. The van der Waals surface area contributed by atoms with Crippen LogP contribution < -0.4 is 10.6 Å². The summed E-state index contributed by atoms with van der Waals surface area (Å²) in [5.74, 6) is -0.547. The number of rotatable bonds is 3. The number of hydrogen-bond acceptors (Lipinski definition) is 3. The van der Waals surface area contributed by atoms with Crippen LogP contribution in [0.2, 0.25) is 10.0 Å². The molecule has 0 unspecified atom stereocenters. The minimum atomic E-state index is -0.526.